The van der Waals surface area contributed by atoms with Gasteiger partial charge in [0.1, 0.15) is 30.9 Å². The number of carbonyl (C=O) groups is 3. The molecular weight excluding hydrogens is 446 g/mol. The van der Waals surface area contributed by atoms with E-state index >= 15 is 0 Å². The highest BCUT2D eigenvalue weighted by molar-refractivity contribution is 5.99. The van der Waals surface area contributed by atoms with Crippen LogP contribution in [0.4, 0.5) is 0 Å². The molecule has 2 unspecified atom stereocenters. The number of aromatic nitrogens is 3. The first kappa shape index (κ1) is 22.3. The van der Waals surface area contributed by atoms with Crippen molar-refractivity contribution in [1.82, 2.24) is 25.2 Å². The fourth-order valence-corrected chi connectivity index (χ4v) is 4.13. The van der Waals surface area contributed by atoms with Crippen molar-refractivity contribution in [2.75, 3.05) is 0 Å². The van der Waals surface area contributed by atoms with Crippen molar-refractivity contribution < 1.29 is 19.1 Å². The summed E-state index contributed by atoms with van der Waals surface area (Å²) in [4.78, 5) is 40.2. The highest BCUT2D eigenvalue weighted by Gasteiger charge is 2.48. The van der Waals surface area contributed by atoms with Gasteiger partial charge >= 0.3 is 5.97 Å². The van der Waals surface area contributed by atoms with Gasteiger partial charge in [-0.3, -0.25) is 9.59 Å². The van der Waals surface area contributed by atoms with Crippen molar-refractivity contribution in [3.63, 3.8) is 0 Å². The van der Waals surface area contributed by atoms with E-state index in [9.17, 15) is 14.4 Å². The third-order valence-electron chi connectivity index (χ3n) is 5.95. The second kappa shape index (κ2) is 9.76. The molecule has 9 heteroatoms. The Bertz CT molecular complexity index is 1360. The highest BCUT2D eigenvalue weighted by Crippen LogP contribution is 2.33. The molecule has 9 nitrogen and oxygen atoms in total. The number of hydrogen-bond acceptors (Lipinski definition) is 6. The number of benzene rings is 3. The van der Waals surface area contributed by atoms with Crippen LogP contribution in [0, 0.1) is 0 Å². The number of rotatable bonds is 8. The third kappa shape index (κ3) is 4.61. The van der Waals surface area contributed by atoms with E-state index in [-0.39, 0.29) is 25.6 Å². The molecule has 3 aromatic carbocycles. The summed E-state index contributed by atoms with van der Waals surface area (Å²) in [5, 5.41) is 11.0. The van der Waals surface area contributed by atoms with Gasteiger partial charge in [-0.15, -0.1) is 5.10 Å². The number of carbonyl (C=O) groups excluding carboxylic acids is 3. The Morgan fingerprint density at radius 3 is 2.40 bits per heavy atom. The smallest absolute Gasteiger partial charge is 0.329 e. The fourth-order valence-electron chi connectivity index (χ4n) is 4.13. The maximum Gasteiger partial charge on any atom is 0.329 e. The van der Waals surface area contributed by atoms with Gasteiger partial charge in [0.15, 0.2) is 0 Å². The van der Waals surface area contributed by atoms with Crippen LogP contribution in [0.2, 0.25) is 0 Å². The van der Waals surface area contributed by atoms with E-state index in [1.165, 1.54) is 4.90 Å². The zero-order chi connectivity index (χ0) is 24.2. The van der Waals surface area contributed by atoms with E-state index in [0.717, 1.165) is 11.1 Å². The molecule has 1 N–H and O–H groups in total. The van der Waals surface area contributed by atoms with E-state index in [0.29, 0.717) is 11.1 Å². The molecule has 35 heavy (non-hydrogen) atoms. The molecule has 0 saturated carbocycles. The minimum atomic E-state index is -0.985. The first-order valence-corrected chi connectivity index (χ1v) is 11.2. The van der Waals surface area contributed by atoms with Gasteiger partial charge in [0.2, 0.25) is 11.8 Å². The number of hydrogen-bond donors (Lipinski definition) is 1. The molecular formula is C26H23N5O4. The molecule has 1 aliphatic rings. The van der Waals surface area contributed by atoms with Crippen molar-refractivity contribution in [1.29, 1.82) is 0 Å². The molecule has 0 radical (unpaired) electrons. The first-order chi connectivity index (χ1) is 17.1. The lowest BCUT2D eigenvalue weighted by Gasteiger charge is -2.43. The topological polar surface area (TPSA) is 106 Å². The van der Waals surface area contributed by atoms with Gasteiger partial charge < -0.3 is 15.0 Å². The van der Waals surface area contributed by atoms with Gasteiger partial charge in [-0.25, -0.2) is 9.48 Å². The van der Waals surface area contributed by atoms with E-state index in [1.54, 1.807) is 28.9 Å². The van der Waals surface area contributed by atoms with Gasteiger partial charge in [0.25, 0.3) is 0 Å². The second-order valence-corrected chi connectivity index (χ2v) is 8.20. The van der Waals surface area contributed by atoms with E-state index in [2.05, 4.69) is 15.6 Å². The fraction of sp³-hybridized carbons (Fsp3) is 0.192. The summed E-state index contributed by atoms with van der Waals surface area (Å²) in [6, 6.07) is 23.8. The summed E-state index contributed by atoms with van der Waals surface area (Å²) >= 11 is 0. The van der Waals surface area contributed by atoms with Gasteiger partial charge in [0.05, 0.1) is 11.9 Å². The average molecular weight is 470 g/mol. The molecule has 2 atom stereocenters. The molecule has 2 heterocycles. The maximum absolute atomic E-state index is 13.4. The van der Waals surface area contributed by atoms with Crippen molar-refractivity contribution in [3.8, 4) is 0 Å². The lowest BCUT2D eigenvalue weighted by atomic mass is 9.94. The average Bonchev–Trinajstić information content (AvgIpc) is 3.31. The normalized spacial score (nSPS) is 15.9. The number of fused-ring (bicyclic) bond motifs is 1. The second-order valence-electron chi connectivity index (χ2n) is 8.20. The summed E-state index contributed by atoms with van der Waals surface area (Å²) in [7, 11) is 0. The molecule has 2 amide bonds. The number of esters is 1. The van der Waals surface area contributed by atoms with Crippen LogP contribution in [-0.2, 0) is 32.4 Å². The Kier molecular flexibility index (Phi) is 6.21. The van der Waals surface area contributed by atoms with Crippen LogP contribution < -0.4 is 5.32 Å². The number of nitrogens with zero attached hydrogens (tertiary/aromatic N) is 4. The van der Waals surface area contributed by atoms with E-state index in [4.69, 9.17) is 4.74 Å². The van der Waals surface area contributed by atoms with Crippen LogP contribution in [0.15, 0.2) is 84.9 Å². The van der Waals surface area contributed by atoms with Crippen molar-refractivity contribution in [2.24, 2.45) is 0 Å². The number of nitrogens with one attached hydrogen (secondary N) is 1. The number of ether oxygens (including phenoxy) is 1. The van der Waals surface area contributed by atoms with Crippen LogP contribution in [0.1, 0.15) is 23.6 Å². The van der Waals surface area contributed by atoms with Crippen molar-refractivity contribution in [3.05, 3.63) is 96.1 Å². The molecule has 1 fully saturated rings. The minimum absolute atomic E-state index is 0.00203. The SMILES string of the molecule is O=C(OCc1ccccc1)C1CC(=O)N1C(C(=O)NCn1nnc2ccccc21)c1ccccc1. The Morgan fingerprint density at radius 2 is 1.66 bits per heavy atom. The maximum atomic E-state index is 13.4. The van der Waals surface area contributed by atoms with Gasteiger partial charge in [-0.05, 0) is 23.3 Å². The van der Waals surface area contributed by atoms with Crippen LogP contribution in [0.25, 0.3) is 11.0 Å². The predicted molar refractivity (Wildman–Crippen MR) is 126 cm³/mol. The molecule has 1 saturated heterocycles. The van der Waals surface area contributed by atoms with Gasteiger partial charge in [-0.1, -0.05) is 78.0 Å². The molecule has 1 aromatic heterocycles. The standard InChI is InChI=1S/C26H23N5O4/c32-23-15-22(26(34)35-16-18-9-3-1-4-10-18)31(23)24(19-11-5-2-6-12-19)25(33)27-17-30-21-14-8-7-13-20(21)28-29-30/h1-14,22,24H,15-17H2,(H,27,33). The van der Waals surface area contributed by atoms with E-state index < -0.39 is 24.0 Å². The largest absolute Gasteiger partial charge is 0.459 e. The van der Waals surface area contributed by atoms with Crippen LogP contribution in [0.5, 0.6) is 0 Å². The monoisotopic (exact) mass is 469 g/mol. The zero-order valence-electron chi connectivity index (χ0n) is 18.8. The summed E-state index contributed by atoms with van der Waals surface area (Å²) < 4.78 is 7.02. The van der Waals surface area contributed by atoms with Crippen LogP contribution >= 0.6 is 0 Å². The van der Waals surface area contributed by atoms with Crippen LogP contribution in [0.3, 0.4) is 0 Å². The minimum Gasteiger partial charge on any atom is -0.459 e. The summed E-state index contributed by atoms with van der Waals surface area (Å²) in [5.74, 6) is -1.25. The Morgan fingerprint density at radius 1 is 0.971 bits per heavy atom. The molecule has 176 valence electrons. The Hall–Kier alpha value is -4.53. The van der Waals surface area contributed by atoms with E-state index in [1.807, 2.05) is 60.7 Å². The lowest BCUT2D eigenvalue weighted by molar-refractivity contribution is -0.172. The van der Waals surface area contributed by atoms with Gasteiger partial charge in [-0.2, -0.15) is 0 Å². The highest BCUT2D eigenvalue weighted by atomic mass is 16.5. The number of para-hydroxylation sites is 1. The van der Waals surface area contributed by atoms with Crippen LogP contribution in [-0.4, -0.2) is 43.7 Å². The predicted octanol–water partition coefficient (Wildman–Crippen LogP) is 2.59. The summed E-state index contributed by atoms with van der Waals surface area (Å²) in [6.07, 6.45) is -0.00203. The zero-order valence-corrected chi connectivity index (χ0v) is 18.8. The Balaban J connectivity index is 1.33. The first-order valence-electron chi connectivity index (χ1n) is 11.2. The quantitative estimate of drug-likeness (QED) is 0.314. The summed E-state index contributed by atoms with van der Waals surface area (Å²) in [6.45, 7) is 0.160. The molecule has 0 bridgehead atoms. The number of β-lactam (4-membered cyclic amide) rings is 1. The molecule has 1 aliphatic heterocycles. The van der Waals surface area contributed by atoms with Gasteiger partial charge in [0, 0.05) is 0 Å². The summed E-state index contributed by atoms with van der Waals surface area (Å²) in [5.41, 5.74) is 2.92. The number of amides is 2. The molecule has 0 spiro atoms. The van der Waals surface area contributed by atoms with Crippen molar-refractivity contribution >= 4 is 28.8 Å². The van der Waals surface area contributed by atoms with Crippen molar-refractivity contribution in [2.45, 2.75) is 31.8 Å². The lowest BCUT2D eigenvalue weighted by Crippen LogP contribution is -2.60. The third-order valence-corrected chi connectivity index (χ3v) is 5.95. The Labute approximate surface area is 201 Å². The molecule has 0 aliphatic carbocycles. The molecule has 5 rings (SSSR count). The number of likely N-dealkylation sites (tertiary alicyclic amines) is 1. The molecule has 4 aromatic rings.